The number of hydrogen-bond donors (Lipinski definition) is 3. The normalized spacial score (nSPS) is 28.3. The van der Waals surface area contributed by atoms with E-state index in [9.17, 15) is 9.36 Å². The van der Waals surface area contributed by atoms with Crippen molar-refractivity contribution in [2.45, 2.75) is 19.1 Å². The largest absolute Gasteiger partial charge is 0.466 e. The van der Waals surface area contributed by atoms with Crippen molar-refractivity contribution in [2.24, 2.45) is 17.6 Å². The van der Waals surface area contributed by atoms with Crippen LogP contribution < -0.4 is 5.73 Å². The van der Waals surface area contributed by atoms with Crippen molar-refractivity contribution in [3.8, 4) is 0 Å². The zero-order valence-corrected chi connectivity index (χ0v) is 8.68. The molecule has 4 N–H and O–H groups in total. The molecule has 0 radical (unpaired) electrons. The van der Waals surface area contributed by atoms with Crippen LogP contribution in [0, 0.1) is 11.8 Å². The van der Waals surface area contributed by atoms with E-state index in [1.807, 2.05) is 0 Å². The lowest BCUT2D eigenvalue weighted by atomic mass is 10.3. The number of rotatable bonds is 4. The Bertz CT molecular complexity index is 275. The van der Waals surface area contributed by atoms with Gasteiger partial charge in [-0.1, -0.05) is 0 Å². The van der Waals surface area contributed by atoms with Gasteiger partial charge in [0.2, 0.25) is 0 Å². The van der Waals surface area contributed by atoms with Crippen molar-refractivity contribution >= 4 is 13.6 Å². The molecule has 1 fully saturated rings. The molecule has 0 aromatic rings. The fourth-order valence-corrected chi connectivity index (χ4v) is 2.19. The first-order valence-electron chi connectivity index (χ1n) is 4.35. The molecule has 1 saturated carbocycles. The van der Waals surface area contributed by atoms with Crippen LogP contribution in [0.2, 0.25) is 0 Å². The molecule has 14 heavy (non-hydrogen) atoms. The van der Waals surface area contributed by atoms with E-state index in [1.54, 1.807) is 6.92 Å². The lowest BCUT2D eigenvalue weighted by Gasteiger charge is -2.12. The Labute approximate surface area is 81.6 Å². The summed E-state index contributed by atoms with van der Waals surface area (Å²) in [4.78, 5) is 28.6. The first-order chi connectivity index (χ1) is 6.38. The molecule has 82 valence electrons. The van der Waals surface area contributed by atoms with E-state index in [2.05, 4.69) is 0 Å². The van der Waals surface area contributed by atoms with Crippen LogP contribution in [0.5, 0.6) is 0 Å². The summed E-state index contributed by atoms with van der Waals surface area (Å²) in [5, 5.41) is 0. The lowest BCUT2D eigenvalue weighted by molar-refractivity contribution is -0.145. The summed E-state index contributed by atoms with van der Waals surface area (Å²) in [6, 6.07) is 0. The van der Waals surface area contributed by atoms with Gasteiger partial charge in [0.25, 0.3) is 0 Å². The molecule has 0 unspecified atom stereocenters. The quantitative estimate of drug-likeness (QED) is 0.443. The molecule has 3 atom stereocenters. The number of hydrogen-bond acceptors (Lipinski definition) is 4. The highest BCUT2D eigenvalue weighted by Crippen LogP contribution is 2.53. The van der Waals surface area contributed by atoms with E-state index < -0.39 is 31.2 Å². The Morgan fingerprint density at radius 3 is 2.71 bits per heavy atom. The van der Waals surface area contributed by atoms with Gasteiger partial charge in [-0.25, -0.2) is 0 Å². The van der Waals surface area contributed by atoms with Crippen molar-refractivity contribution in [3.63, 3.8) is 0 Å². The maximum atomic E-state index is 11.1. The van der Waals surface area contributed by atoms with E-state index in [-0.39, 0.29) is 6.61 Å². The third-order valence-electron chi connectivity index (χ3n) is 2.26. The predicted molar refractivity (Wildman–Crippen MR) is 48.2 cm³/mol. The number of carbonyl (C=O) groups excluding carboxylic acids is 1. The SMILES string of the molecule is CCOC(=O)[C@@H]1C[C@H]1[C@@H](N)P(=O)(O)O. The molecule has 1 aliphatic carbocycles. The third-order valence-corrected chi connectivity index (χ3v) is 3.42. The van der Waals surface area contributed by atoms with Crippen molar-refractivity contribution in [2.75, 3.05) is 6.61 Å². The van der Waals surface area contributed by atoms with Gasteiger partial charge >= 0.3 is 13.6 Å². The van der Waals surface area contributed by atoms with E-state index in [0.29, 0.717) is 6.42 Å². The minimum atomic E-state index is -4.28. The molecule has 7 heteroatoms. The van der Waals surface area contributed by atoms with Crippen LogP contribution in [0.3, 0.4) is 0 Å². The van der Waals surface area contributed by atoms with Crippen LogP contribution >= 0.6 is 7.60 Å². The average Bonchev–Trinajstić information content (AvgIpc) is 2.80. The van der Waals surface area contributed by atoms with E-state index >= 15 is 0 Å². The molecule has 0 heterocycles. The Morgan fingerprint density at radius 1 is 1.71 bits per heavy atom. The molecule has 1 rings (SSSR count). The summed E-state index contributed by atoms with van der Waals surface area (Å²) >= 11 is 0. The van der Waals surface area contributed by atoms with Crippen LogP contribution in [0.4, 0.5) is 0 Å². The Hall–Kier alpha value is -0.420. The summed E-state index contributed by atoms with van der Waals surface area (Å²) < 4.78 is 15.5. The van der Waals surface area contributed by atoms with Gasteiger partial charge in [-0.3, -0.25) is 9.36 Å². The molecule has 0 aromatic heterocycles. The highest BCUT2D eigenvalue weighted by molar-refractivity contribution is 7.52. The van der Waals surface area contributed by atoms with Gasteiger partial charge in [0.05, 0.1) is 12.5 Å². The number of esters is 1. The predicted octanol–water partition coefficient (Wildman–Crippen LogP) is -0.352. The maximum absolute atomic E-state index is 11.1. The molecule has 0 saturated heterocycles. The van der Waals surface area contributed by atoms with Gasteiger partial charge in [-0.2, -0.15) is 0 Å². The van der Waals surface area contributed by atoms with Crippen molar-refractivity contribution in [3.05, 3.63) is 0 Å². The second-order valence-electron chi connectivity index (χ2n) is 3.34. The summed E-state index contributed by atoms with van der Waals surface area (Å²) in [5.41, 5.74) is 5.31. The van der Waals surface area contributed by atoms with E-state index in [1.165, 1.54) is 0 Å². The molecular weight excluding hydrogens is 209 g/mol. The minimum absolute atomic E-state index is 0.271. The monoisotopic (exact) mass is 223 g/mol. The average molecular weight is 223 g/mol. The molecule has 6 nitrogen and oxygen atoms in total. The lowest BCUT2D eigenvalue weighted by Crippen LogP contribution is -2.25. The standard InChI is InChI=1S/C7H14NO5P/c1-2-13-7(9)5-3-4(5)6(8)14(10,11)12/h4-6H,2-3,8H2,1H3,(H2,10,11,12)/t4-,5-,6+/m1/s1. The van der Waals surface area contributed by atoms with Crippen molar-refractivity contribution in [1.29, 1.82) is 0 Å². The smallest absolute Gasteiger partial charge is 0.342 e. The topological polar surface area (TPSA) is 110 Å². The zero-order chi connectivity index (χ0) is 10.9. The van der Waals surface area contributed by atoms with Gasteiger partial charge in [-0.15, -0.1) is 0 Å². The van der Waals surface area contributed by atoms with Gasteiger partial charge in [0.15, 0.2) is 0 Å². The number of carbonyl (C=O) groups is 1. The molecule has 0 aromatic carbocycles. The fraction of sp³-hybridized carbons (Fsp3) is 0.857. The molecular formula is C7H14NO5P. The van der Waals surface area contributed by atoms with Gasteiger partial charge in [0.1, 0.15) is 5.78 Å². The first-order valence-corrected chi connectivity index (χ1v) is 6.03. The van der Waals surface area contributed by atoms with Crippen LogP contribution in [0.1, 0.15) is 13.3 Å². The molecule has 1 aliphatic rings. The van der Waals surface area contributed by atoms with Gasteiger partial charge in [-0.05, 0) is 19.3 Å². The molecule has 0 amide bonds. The summed E-state index contributed by atoms with van der Waals surface area (Å²) in [6.07, 6.45) is 0.408. The van der Waals surface area contributed by atoms with Crippen LogP contribution in [-0.2, 0) is 14.1 Å². The summed E-state index contributed by atoms with van der Waals surface area (Å²) in [5.74, 6) is -2.52. The van der Waals surface area contributed by atoms with Gasteiger partial charge < -0.3 is 20.3 Å². The summed E-state index contributed by atoms with van der Waals surface area (Å²) in [6.45, 7) is 1.95. The second kappa shape index (κ2) is 3.98. The second-order valence-corrected chi connectivity index (χ2v) is 5.11. The summed E-state index contributed by atoms with van der Waals surface area (Å²) in [7, 11) is -4.28. The molecule has 0 bridgehead atoms. The minimum Gasteiger partial charge on any atom is -0.466 e. The highest BCUT2D eigenvalue weighted by atomic mass is 31.2. The van der Waals surface area contributed by atoms with E-state index in [0.717, 1.165) is 0 Å². The van der Waals surface area contributed by atoms with Crippen molar-refractivity contribution in [1.82, 2.24) is 0 Å². The van der Waals surface area contributed by atoms with E-state index in [4.69, 9.17) is 20.3 Å². The maximum Gasteiger partial charge on any atom is 0.342 e. The third kappa shape index (κ3) is 2.54. The zero-order valence-electron chi connectivity index (χ0n) is 7.79. The Morgan fingerprint density at radius 2 is 2.29 bits per heavy atom. The van der Waals surface area contributed by atoms with Gasteiger partial charge in [0, 0.05) is 0 Å². The van der Waals surface area contributed by atoms with Crippen LogP contribution in [-0.4, -0.2) is 28.1 Å². The van der Waals surface area contributed by atoms with Crippen LogP contribution in [0.25, 0.3) is 0 Å². The molecule has 0 aliphatic heterocycles. The first kappa shape index (κ1) is 11.7. The van der Waals surface area contributed by atoms with Crippen molar-refractivity contribution < 1.29 is 23.9 Å². The number of nitrogens with two attached hydrogens (primary N) is 1. The Balaban J connectivity index is 2.47. The number of ether oxygens (including phenoxy) is 1. The fourth-order valence-electron chi connectivity index (χ4n) is 1.36. The highest BCUT2D eigenvalue weighted by Gasteiger charge is 2.52. The van der Waals surface area contributed by atoms with Crippen LogP contribution in [0.15, 0.2) is 0 Å². The molecule has 0 spiro atoms. The Kier molecular flexibility index (Phi) is 3.32.